The third-order valence-corrected chi connectivity index (χ3v) is 22.2. The summed E-state index contributed by atoms with van der Waals surface area (Å²) in [6, 6.07) is 24.4. The van der Waals surface area contributed by atoms with Crippen LogP contribution in [0.25, 0.3) is 0 Å². The number of hydrogen-bond acceptors (Lipinski definition) is 26. The van der Waals surface area contributed by atoms with Crippen molar-refractivity contribution in [2.45, 2.75) is 177 Å². The van der Waals surface area contributed by atoms with Crippen molar-refractivity contribution in [3.8, 4) is 0 Å². The summed E-state index contributed by atoms with van der Waals surface area (Å²) in [4.78, 5) is 260. The van der Waals surface area contributed by atoms with Gasteiger partial charge in [0.05, 0.1) is 75.5 Å². The number of oxime groups is 1. The maximum atomic E-state index is 13.9. The number of aliphatic imine (C=N–C) groups is 4. The maximum Gasteiger partial charge on any atom is 0.305 e. The van der Waals surface area contributed by atoms with Gasteiger partial charge < -0.3 is 107 Å². The first-order chi connectivity index (χ1) is 65.3. The number of amides is 9. The van der Waals surface area contributed by atoms with Crippen LogP contribution in [-0.4, -0.2) is 253 Å². The molecule has 12 atom stereocenters. The molecule has 8 rings (SSSR count). The minimum atomic E-state index is -1.47. The molecule has 0 radical (unpaired) electrons. The lowest BCUT2D eigenvalue weighted by atomic mass is 9.83. The molecule has 4 aliphatic rings. The largest absolute Gasteiger partial charge is 0.481 e. The second-order valence-electron chi connectivity index (χ2n) is 33.2. The topological polar surface area (TPSA) is 739 Å². The smallest absolute Gasteiger partial charge is 0.305 e. The van der Waals surface area contributed by atoms with Gasteiger partial charge in [0, 0.05) is 107 Å². The molecule has 1 saturated carbocycles. The number of guanidine groups is 3. The van der Waals surface area contributed by atoms with Crippen molar-refractivity contribution in [1.82, 2.24) is 47.9 Å². The monoisotopic (exact) mass is 1910 g/mol. The molecule has 0 spiro atoms. The van der Waals surface area contributed by atoms with Crippen LogP contribution in [0.3, 0.4) is 0 Å². The van der Waals surface area contributed by atoms with Gasteiger partial charge in [-0.3, -0.25) is 106 Å². The highest BCUT2D eigenvalue weighted by Crippen LogP contribution is 2.30. The number of halogens is 2. The third kappa shape index (κ3) is 43.0. The van der Waals surface area contributed by atoms with Crippen LogP contribution in [0.1, 0.15) is 138 Å². The van der Waals surface area contributed by atoms with Crippen molar-refractivity contribution < 1.29 is 120 Å². The van der Waals surface area contributed by atoms with Crippen molar-refractivity contribution in [2.24, 2.45) is 107 Å². The van der Waals surface area contributed by atoms with Gasteiger partial charge in [-0.1, -0.05) is 108 Å². The first-order valence-electron chi connectivity index (χ1n) is 44.4. The lowest BCUT2D eigenvalue weighted by Crippen LogP contribution is -2.52. The Morgan fingerprint density at radius 1 is 0.387 bits per heavy atom. The average molecular weight is 1920 g/mol. The molecule has 3 unspecified atom stereocenters. The number of nitrogens with one attached hydrogen (secondary N) is 9. The molecule has 26 N–H and O–H groups in total. The predicted octanol–water partition coefficient (Wildman–Crippen LogP) is -1.69. The molecule has 3 heterocycles. The van der Waals surface area contributed by atoms with Crippen molar-refractivity contribution in [2.75, 3.05) is 59.0 Å². The molecular formula is C91H121F2N21O23. The van der Waals surface area contributed by atoms with E-state index in [0.29, 0.717) is 18.4 Å². The van der Waals surface area contributed by atoms with Crippen molar-refractivity contribution >= 4 is 136 Å². The number of benzene rings is 4. The van der Waals surface area contributed by atoms with Crippen LogP contribution in [0.15, 0.2) is 140 Å². The maximum absolute atomic E-state index is 13.9. The van der Waals surface area contributed by atoms with Crippen molar-refractivity contribution in [3.63, 3.8) is 0 Å². The van der Waals surface area contributed by atoms with Crippen LogP contribution in [0.4, 0.5) is 8.78 Å². The number of carbonyl (C=O) groups is 18. The predicted molar refractivity (Wildman–Crippen MR) is 492 cm³/mol. The fourth-order valence-electron chi connectivity index (χ4n) is 14.9. The minimum Gasteiger partial charge on any atom is -0.481 e. The van der Waals surface area contributed by atoms with Gasteiger partial charge in [0.15, 0.2) is 35.2 Å². The number of carboxylic acids is 3. The van der Waals surface area contributed by atoms with E-state index in [0.717, 1.165) is 16.7 Å². The normalized spacial score (nSPS) is 23.4. The molecule has 0 aromatic heterocycles. The zero-order valence-corrected chi connectivity index (χ0v) is 75.5. The van der Waals surface area contributed by atoms with Crippen LogP contribution in [0, 0.1) is 47.2 Å². The number of nitrogens with zero attached hydrogens (tertiary/aromatic N) is 5. The fourth-order valence-corrected chi connectivity index (χ4v) is 14.9. The minimum absolute atomic E-state index is 0.0541. The van der Waals surface area contributed by atoms with E-state index in [9.17, 15) is 110 Å². The molecule has 3 saturated heterocycles. The van der Waals surface area contributed by atoms with E-state index in [2.05, 4.69) is 77.8 Å². The third-order valence-electron chi connectivity index (χ3n) is 22.2. The number of Topliss-reactive ketones (excluding diaryl/α,β-unsaturated/α-hetero) is 6. The summed E-state index contributed by atoms with van der Waals surface area (Å²) in [7, 11) is 0. The first kappa shape index (κ1) is 111. The lowest BCUT2D eigenvalue weighted by Gasteiger charge is -2.25. The van der Waals surface area contributed by atoms with E-state index in [1.165, 1.54) is 36.7 Å². The van der Waals surface area contributed by atoms with E-state index in [1.807, 2.05) is 0 Å². The second-order valence-corrected chi connectivity index (χ2v) is 33.2. The molecule has 4 aromatic carbocycles. The van der Waals surface area contributed by atoms with Gasteiger partial charge in [-0.15, -0.1) is 0 Å². The number of rotatable bonds is 34. The Balaban J connectivity index is 0.000000317. The highest BCUT2D eigenvalue weighted by Gasteiger charge is 2.40. The Morgan fingerprint density at radius 3 is 1.03 bits per heavy atom. The van der Waals surface area contributed by atoms with E-state index in [4.69, 9.17) is 45.1 Å². The molecule has 4 fully saturated rings. The highest BCUT2D eigenvalue weighted by atomic mass is 19.1. The van der Waals surface area contributed by atoms with Gasteiger partial charge in [0.25, 0.3) is 0 Å². The molecule has 0 bridgehead atoms. The summed E-state index contributed by atoms with van der Waals surface area (Å²) in [5.74, 6) is -16.0. The number of aliphatic carboxylic acids is 3. The molecule has 44 nitrogen and oxygen atoms in total. The Morgan fingerprint density at radius 2 is 0.708 bits per heavy atom. The summed E-state index contributed by atoms with van der Waals surface area (Å²) in [5, 5.41) is 54.2. The fraction of sp³-hybridized carbons (Fsp3) is 0.484. The van der Waals surface area contributed by atoms with E-state index in [-0.39, 0.29) is 153 Å². The second kappa shape index (κ2) is 59.1. The van der Waals surface area contributed by atoms with E-state index in [1.54, 1.807) is 91.0 Å². The van der Waals surface area contributed by atoms with Gasteiger partial charge in [0.1, 0.15) is 54.1 Å². The number of carbonyl (C=O) groups excluding carboxylic acids is 15. The summed E-state index contributed by atoms with van der Waals surface area (Å²) in [6.45, 7) is -1.96. The number of alkyl halides is 1. The Hall–Kier alpha value is -14.7. The van der Waals surface area contributed by atoms with Gasteiger partial charge in [-0.25, -0.2) is 14.7 Å². The van der Waals surface area contributed by atoms with Crippen molar-refractivity contribution in [3.05, 3.63) is 143 Å². The molecular weight excluding hydrogens is 1790 g/mol. The number of ketones is 6. The summed E-state index contributed by atoms with van der Waals surface area (Å²) < 4.78 is 26.5. The van der Waals surface area contributed by atoms with Gasteiger partial charge in [-0.05, 0) is 111 Å². The number of hydrogen-bond donors (Lipinski definition) is 19. The summed E-state index contributed by atoms with van der Waals surface area (Å²) >= 11 is 0. The van der Waals surface area contributed by atoms with Crippen LogP contribution < -0.4 is 88.2 Å². The van der Waals surface area contributed by atoms with Crippen molar-refractivity contribution in [1.29, 1.82) is 0 Å². The van der Waals surface area contributed by atoms with Gasteiger partial charge in [0.2, 0.25) is 53.2 Å². The molecule has 4 aromatic rings. The zero-order valence-electron chi connectivity index (χ0n) is 75.5. The quantitative estimate of drug-likeness (QED) is 0.0107. The van der Waals surface area contributed by atoms with Crippen LogP contribution in [0.2, 0.25) is 0 Å². The van der Waals surface area contributed by atoms with Gasteiger partial charge >= 0.3 is 17.9 Å². The lowest BCUT2D eigenvalue weighted by molar-refractivity contribution is -0.141. The van der Waals surface area contributed by atoms with Crippen LogP contribution >= 0.6 is 0 Å². The Labute approximate surface area is 787 Å². The molecule has 742 valence electrons. The highest BCUT2D eigenvalue weighted by molar-refractivity contribution is 6.02. The number of nitrogens with two attached hydrogens (primary N) is 7. The van der Waals surface area contributed by atoms with Crippen LogP contribution in [-0.2, 0) is 115 Å². The van der Waals surface area contributed by atoms with Gasteiger partial charge in [-0.2, -0.15) is 0 Å². The molecule has 9 amide bonds. The van der Waals surface area contributed by atoms with Crippen LogP contribution in [0.5, 0.6) is 0 Å². The Bertz CT molecular complexity index is 4940. The standard InChI is InChI=1S/C34H42FN7O7.C31H42FN7O8.C26H37N7O8/c35-25-10-8-22(9-11-25)19-38-14-12-23-16-28(43)24(15-21-5-2-1-3-6-21)17-29(44)27(18-31(46)47)41-30(45)20-40-33(49)26(42-32(23)48)7-4-13-39-34(36)37;32-22-10-19(11-22)15-37-47-17-21-13-25(40)20(9-18-5-2-1-3-6-18)12-26(41)24(14-28(43)44)38-27(42)16-36-30(46)23(39-29(21)45)7-4-8-35-31(33)34;27-26(28)30-8-4-7-18-25(40)31-13-22(36)32-19(12-23(37)38)21(35)10-16(9-15-5-2-1-3-6-15)20(34)11-17(14-41-29)24(39)33-18/h1-3,5-6,8-11,19,23-24,26-27H,4,7,12-18,20H2,(H,40,49)(H,41,45)(H,42,48)(H,46,47)(H4,36,37,39);1-3,5-6,15,19-24H,4,7-14,16-17H2,(H,36,46)(H,38,42)(H,39,45)(H,43,44)(H4,33,34,35);1-3,5-6,16-19H,4,7-14,29H2,(H,31,40)(H,32,36)(H,33,39)(H,37,38)(H4,27,28,30)/b;37-15+;/t23-,24-,26+,27?;19?,20-,21+,22?,23+,24?;16-,17+,18+,19?/m111/s1. The number of carboxylic acid groups (broad SMARTS) is 3. The molecule has 1 aliphatic carbocycles. The molecule has 46 heteroatoms. The first-order valence-corrected chi connectivity index (χ1v) is 44.4. The zero-order chi connectivity index (χ0) is 100. The SMILES string of the molecule is NC(N)=NCCC[C@@H]1NC(=O)[C@H](CCN=Cc2ccc(F)cc2)CC(=O)[C@H](Cc2ccccc2)CC(=O)C(CC(=O)O)NC(=O)CNC1=O.NC(N)=NCCC[C@@H]1NC(=O)[C@H](CO/N=C/C2CC(F)C2)CC(=O)[C@H](Cc2ccccc2)CC(=O)C(CC(=O)O)NC(=O)CNC1=O.NOC[C@@H]1CC(=O)[C@H](Cc2ccccc2)CC(=O)C(CC(=O)O)NC(=O)CNC(=O)[C@H](CCCN=C(N)N)NC1=O. The molecule has 137 heavy (non-hydrogen) atoms. The van der Waals surface area contributed by atoms with E-state index >= 15 is 0 Å². The summed E-state index contributed by atoms with van der Waals surface area (Å²) in [6.07, 6.45) is -0.302. The average Bonchev–Trinajstić information content (AvgIpc) is 1.84. The van der Waals surface area contributed by atoms with E-state index < -0.39 is 241 Å². The molecule has 3 aliphatic heterocycles. The Kier molecular flexibility index (Phi) is 47.9. The summed E-state index contributed by atoms with van der Waals surface area (Å²) in [5.41, 5.74) is 35.0.